The topological polar surface area (TPSA) is 32.3 Å². The van der Waals surface area contributed by atoms with Crippen LogP contribution < -0.4 is 5.32 Å². The predicted molar refractivity (Wildman–Crippen MR) is 47.5 cm³/mol. The fourth-order valence-corrected chi connectivity index (χ4v) is 1.34. The third kappa shape index (κ3) is 1.99. The number of carbonyl (C=O) groups is 1. The van der Waals surface area contributed by atoms with E-state index in [2.05, 4.69) is 16.1 Å². The normalized spacial score (nSPS) is 24.7. The van der Waals surface area contributed by atoms with Crippen LogP contribution in [0.3, 0.4) is 0 Å². The quantitative estimate of drug-likeness (QED) is 0.578. The highest BCUT2D eigenvalue weighted by molar-refractivity contribution is 5.81. The van der Waals surface area contributed by atoms with Gasteiger partial charge in [-0.3, -0.25) is 9.69 Å². The number of amides is 1. The molecule has 1 aliphatic rings. The SMILES string of the molecule is C#CCCN1CCNC(=O)C1C. The Morgan fingerprint density at radius 3 is 3.25 bits per heavy atom. The highest BCUT2D eigenvalue weighted by Gasteiger charge is 2.24. The molecule has 1 aliphatic heterocycles. The molecule has 0 aliphatic carbocycles. The second kappa shape index (κ2) is 4.13. The first-order valence-electron chi connectivity index (χ1n) is 4.21. The van der Waals surface area contributed by atoms with Gasteiger partial charge in [0.15, 0.2) is 0 Å². The number of rotatable bonds is 2. The second-order valence-corrected chi connectivity index (χ2v) is 2.96. The summed E-state index contributed by atoms with van der Waals surface area (Å²) in [6.07, 6.45) is 5.87. The molecule has 0 saturated carbocycles. The molecule has 0 spiro atoms. The Morgan fingerprint density at radius 2 is 2.58 bits per heavy atom. The molecule has 3 nitrogen and oxygen atoms in total. The summed E-state index contributed by atoms with van der Waals surface area (Å²) in [4.78, 5) is 13.3. The average molecular weight is 166 g/mol. The number of terminal acetylenes is 1. The van der Waals surface area contributed by atoms with Gasteiger partial charge in [0.2, 0.25) is 5.91 Å². The third-order valence-corrected chi connectivity index (χ3v) is 2.17. The molecular formula is C9H14N2O. The molecule has 0 bridgehead atoms. The largest absolute Gasteiger partial charge is 0.353 e. The third-order valence-electron chi connectivity index (χ3n) is 2.17. The van der Waals surface area contributed by atoms with Crippen LogP contribution in [0.5, 0.6) is 0 Å². The molecule has 3 heteroatoms. The van der Waals surface area contributed by atoms with E-state index in [9.17, 15) is 4.79 Å². The van der Waals surface area contributed by atoms with Crippen LogP contribution in [0.15, 0.2) is 0 Å². The van der Waals surface area contributed by atoms with Gasteiger partial charge in [0.1, 0.15) is 0 Å². The standard InChI is InChI=1S/C9H14N2O/c1-3-4-6-11-7-5-10-9(12)8(11)2/h1,8H,4-7H2,2H3,(H,10,12). The van der Waals surface area contributed by atoms with Crippen LogP contribution in [0.4, 0.5) is 0 Å². The maximum Gasteiger partial charge on any atom is 0.237 e. The van der Waals surface area contributed by atoms with Gasteiger partial charge < -0.3 is 5.32 Å². The number of piperazine rings is 1. The maximum atomic E-state index is 11.2. The lowest BCUT2D eigenvalue weighted by atomic mass is 10.2. The highest BCUT2D eigenvalue weighted by atomic mass is 16.2. The van der Waals surface area contributed by atoms with Crippen LogP contribution in [0.25, 0.3) is 0 Å². The van der Waals surface area contributed by atoms with Crippen molar-refractivity contribution in [2.45, 2.75) is 19.4 Å². The number of carbonyl (C=O) groups excluding carboxylic acids is 1. The van der Waals surface area contributed by atoms with Crippen LogP contribution in [0, 0.1) is 12.3 Å². The van der Waals surface area contributed by atoms with Crippen LogP contribution in [0.1, 0.15) is 13.3 Å². The Morgan fingerprint density at radius 1 is 1.83 bits per heavy atom. The van der Waals surface area contributed by atoms with Crippen molar-refractivity contribution in [3.05, 3.63) is 0 Å². The predicted octanol–water partition coefficient (Wildman–Crippen LogP) is -0.170. The Bertz CT molecular complexity index is 207. The van der Waals surface area contributed by atoms with Crippen molar-refractivity contribution in [1.82, 2.24) is 10.2 Å². The fourth-order valence-electron chi connectivity index (χ4n) is 1.34. The van der Waals surface area contributed by atoms with Crippen LogP contribution in [0.2, 0.25) is 0 Å². The van der Waals surface area contributed by atoms with E-state index in [1.54, 1.807) is 0 Å². The highest BCUT2D eigenvalue weighted by Crippen LogP contribution is 2.03. The molecule has 1 amide bonds. The first-order valence-corrected chi connectivity index (χ1v) is 4.21. The summed E-state index contributed by atoms with van der Waals surface area (Å²) in [5.41, 5.74) is 0. The van der Waals surface area contributed by atoms with Gasteiger partial charge in [-0.2, -0.15) is 0 Å². The minimum absolute atomic E-state index is 0.0212. The zero-order valence-electron chi connectivity index (χ0n) is 7.34. The summed E-state index contributed by atoms with van der Waals surface area (Å²) in [7, 11) is 0. The molecule has 0 radical (unpaired) electrons. The zero-order valence-corrected chi connectivity index (χ0v) is 7.34. The van der Waals surface area contributed by atoms with Crippen molar-refractivity contribution in [1.29, 1.82) is 0 Å². The van der Waals surface area contributed by atoms with Crippen molar-refractivity contribution < 1.29 is 4.79 Å². The van der Waals surface area contributed by atoms with Crippen LogP contribution in [-0.2, 0) is 4.79 Å². The summed E-state index contributed by atoms with van der Waals surface area (Å²) in [6.45, 7) is 4.39. The smallest absolute Gasteiger partial charge is 0.237 e. The van der Waals surface area contributed by atoms with Crippen molar-refractivity contribution in [2.24, 2.45) is 0 Å². The Hall–Kier alpha value is -1.01. The fraction of sp³-hybridized carbons (Fsp3) is 0.667. The lowest BCUT2D eigenvalue weighted by Gasteiger charge is -2.32. The van der Waals surface area contributed by atoms with E-state index >= 15 is 0 Å². The van der Waals surface area contributed by atoms with Gasteiger partial charge in [0.05, 0.1) is 6.04 Å². The first kappa shape index (κ1) is 9.08. The molecular weight excluding hydrogens is 152 g/mol. The van der Waals surface area contributed by atoms with Gasteiger partial charge in [-0.05, 0) is 6.92 Å². The van der Waals surface area contributed by atoms with E-state index in [0.29, 0.717) is 0 Å². The van der Waals surface area contributed by atoms with E-state index in [1.807, 2.05) is 6.92 Å². The van der Waals surface area contributed by atoms with E-state index in [4.69, 9.17) is 6.42 Å². The molecule has 0 aromatic carbocycles. The van der Waals surface area contributed by atoms with Crippen molar-refractivity contribution >= 4 is 5.91 Å². The molecule has 12 heavy (non-hydrogen) atoms. The average Bonchev–Trinajstić information content (AvgIpc) is 2.08. The molecule has 1 atom stereocenters. The van der Waals surface area contributed by atoms with Crippen molar-refractivity contribution in [3.63, 3.8) is 0 Å². The van der Waals surface area contributed by atoms with Crippen LogP contribution in [-0.4, -0.2) is 36.5 Å². The minimum atomic E-state index is -0.0212. The lowest BCUT2D eigenvalue weighted by Crippen LogP contribution is -2.53. The Labute approximate surface area is 73.1 Å². The van der Waals surface area contributed by atoms with Gasteiger partial charge in [0.25, 0.3) is 0 Å². The molecule has 1 fully saturated rings. The summed E-state index contributed by atoms with van der Waals surface area (Å²) in [5.74, 6) is 2.69. The molecule has 1 saturated heterocycles. The summed E-state index contributed by atoms with van der Waals surface area (Å²) in [6, 6.07) is -0.0212. The molecule has 1 unspecified atom stereocenters. The Balaban J connectivity index is 2.42. The second-order valence-electron chi connectivity index (χ2n) is 2.96. The van der Waals surface area contributed by atoms with Crippen molar-refractivity contribution in [2.75, 3.05) is 19.6 Å². The summed E-state index contributed by atoms with van der Waals surface area (Å²) in [5, 5.41) is 2.81. The molecule has 1 rings (SSSR count). The Kier molecular flexibility index (Phi) is 3.12. The first-order chi connectivity index (χ1) is 5.75. The van der Waals surface area contributed by atoms with E-state index < -0.39 is 0 Å². The number of hydrogen-bond donors (Lipinski definition) is 1. The summed E-state index contributed by atoms with van der Waals surface area (Å²) >= 11 is 0. The van der Waals surface area contributed by atoms with E-state index in [1.165, 1.54) is 0 Å². The van der Waals surface area contributed by atoms with Crippen LogP contribution >= 0.6 is 0 Å². The number of nitrogens with zero attached hydrogens (tertiary/aromatic N) is 1. The van der Waals surface area contributed by atoms with Crippen molar-refractivity contribution in [3.8, 4) is 12.3 Å². The van der Waals surface area contributed by atoms with Gasteiger partial charge in [-0.25, -0.2) is 0 Å². The van der Waals surface area contributed by atoms with Gasteiger partial charge >= 0.3 is 0 Å². The summed E-state index contributed by atoms with van der Waals surface area (Å²) < 4.78 is 0. The molecule has 0 aromatic rings. The van der Waals surface area contributed by atoms with Gasteiger partial charge in [-0.1, -0.05) is 0 Å². The minimum Gasteiger partial charge on any atom is -0.353 e. The van der Waals surface area contributed by atoms with E-state index in [0.717, 1.165) is 26.1 Å². The van der Waals surface area contributed by atoms with Gasteiger partial charge in [-0.15, -0.1) is 12.3 Å². The maximum absolute atomic E-state index is 11.2. The molecule has 0 aromatic heterocycles. The number of nitrogens with one attached hydrogen (secondary N) is 1. The molecule has 66 valence electrons. The lowest BCUT2D eigenvalue weighted by molar-refractivity contribution is -0.128. The van der Waals surface area contributed by atoms with Gasteiger partial charge in [0, 0.05) is 26.1 Å². The molecule has 1 heterocycles. The molecule has 1 N–H and O–H groups in total. The van der Waals surface area contributed by atoms with E-state index in [-0.39, 0.29) is 11.9 Å². The number of hydrogen-bond acceptors (Lipinski definition) is 2. The monoisotopic (exact) mass is 166 g/mol. The zero-order chi connectivity index (χ0) is 8.97.